The summed E-state index contributed by atoms with van der Waals surface area (Å²) in [5.41, 5.74) is 0. The largest absolute Gasteiger partial charge is 0.379 e. The van der Waals surface area contributed by atoms with Gasteiger partial charge in [-0.2, -0.15) is 8.42 Å². The van der Waals surface area contributed by atoms with Gasteiger partial charge in [0.2, 0.25) is 0 Å². The van der Waals surface area contributed by atoms with E-state index in [4.69, 9.17) is 4.74 Å². The molecule has 0 aromatic carbocycles. The molecule has 0 heterocycles. The van der Waals surface area contributed by atoms with E-state index >= 15 is 0 Å². The van der Waals surface area contributed by atoms with Crippen molar-refractivity contribution in [3.63, 3.8) is 0 Å². The van der Waals surface area contributed by atoms with Crippen molar-refractivity contribution in [2.45, 2.75) is 33.3 Å². The van der Waals surface area contributed by atoms with Crippen LogP contribution in [0.2, 0.25) is 0 Å². The van der Waals surface area contributed by atoms with E-state index in [1.807, 2.05) is 13.8 Å². The minimum atomic E-state index is -3.28. The summed E-state index contributed by atoms with van der Waals surface area (Å²) < 4.78 is 31.5. The minimum absolute atomic E-state index is 0.0258. The second-order valence-electron chi connectivity index (χ2n) is 2.94. The lowest BCUT2D eigenvalue weighted by Gasteiger charge is -2.07. The Hall–Kier alpha value is -0.130. The van der Waals surface area contributed by atoms with E-state index in [2.05, 4.69) is 4.18 Å². The van der Waals surface area contributed by atoms with Crippen molar-refractivity contribution >= 4 is 10.1 Å². The molecule has 0 saturated heterocycles. The molecule has 0 amide bonds. The summed E-state index contributed by atoms with van der Waals surface area (Å²) in [5.74, 6) is 0.0258. The molecule has 0 aromatic heterocycles. The molecule has 0 rings (SSSR count). The molecule has 80 valence electrons. The summed E-state index contributed by atoms with van der Waals surface area (Å²) in [6.07, 6.45) is 0.792. The molecule has 4 nitrogen and oxygen atoms in total. The van der Waals surface area contributed by atoms with Crippen molar-refractivity contribution < 1.29 is 17.3 Å². The number of rotatable bonds is 7. The van der Waals surface area contributed by atoms with Crippen LogP contribution in [0.5, 0.6) is 0 Å². The average Bonchev–Trinajstić information content (AvgIpc) is 2.03. The third-order valence-corrected chi connectivity index (χ3v) is 2.59. The zero-order chi connectivity index (χ0) is 10.3. The van der Waals surface area contributed by atoms with E-state index in [0.29, 0.717) is 13.0 Å². The Balaban J connectivity index is 3.37. The molecule has 0 saturated carbocycles. The fourth-order valence-electron chi connectivity index (χ4n) is 0.647. The summed E-state index contributed by atoms with van der Waals surface area (Å²) in [7, 11) is -3.28. The van der Waals surface area contributed by atoms with Crippen LogP contribution >= 0.6 is 0 Å². The van der Waals surface area contributed by atoms with E-state index in [1.54, 1.807) is 6.92 Å². The zero-order valence-corrected chi connectivity index (χ0v) is 9.26. The molecule has 0 unspecified atom stereocenters. The van der Waals surface area contributed by atoms with Crippen LogP contribution in [-0.2, 0) is 19.0 Å². The Bertz CT molecular complexity index is 208. The monoisotopic (exact) mass is 210 g/mol. The maximum Gasteiger partial charge on any atom is 0.267 e. The van der Waals surface area contributed by atoms with Gasteiger partial charge < -0.3 is 4.74 Å². The first kappa shape index (κ1) is 12.9. The van der Waals surface area contributed by atoms with E-state index in [0.717, 1.165) is 0 Å². The molecule has 0 aliphatic carbocycles. The molecule has 13 heavy (non-hydrogen) atoms. The van der Waals surface area contributed by atoms with Crippen LogP contribution in [0.25, 0.3) is 0 Å². The second-order valence-corrected chi connectivity index (χ2v) is 4.87. The molecule has 0 fully saturated rings. The van der Waals surface area contributed by atoms with Crippen LogP contribution in [-0.4, -0.2) is 33.5 Å². The summed E-state index contributed by atoms with van der Waals surface area (Å²) in [6, 6.07) is 0. The van der Waals surface area contributed by atoms with Gasteiger partial charge >= 0.3 is 0 Å². The van der Waals surface area contributed by atoms with Gasteiger partial charge in [0, 0.05) is 6.61 Å². The predicted molar refractivity (Wildman–Crippen MR) is 51.1 cm³/mol. The Morgan fingerprint density at radius 3 is 2.31 bits per heavy atom. The average molecular weight is 210 g/mol. The normalized spacial score (nSPS) is 12.3. The van der Waals surface area contributed by atoms with Gasteiger partial charge in [-0.1, -0.05) is 0 Å². The molecular weight excluding hydrogens is 192 g/mol. The third-order valence-electron chi connectivity index (χ3n) is 1.36. The first-order chi connectivity index (χ1) is 5.98. The Morgan fingerprint density at radius 1 is 1.23 bits per heavy atom. The van der Waals surface area contributed by atoms with Gasteiger partial charge in [-0.25, -0.2) is 0 Å². The van der Waals surface area contributed by atoms with Crippen molar-refractivity contribution in [1.82, 2.24) is 0 Å². The lowest BCUT2D eigenvalue weighted by atomic mass is 10.4. The Kier molecular flexibility index (Phi) is 6.28. The quantitative estimate of drug-likeness (QED) is 0.467. The molecule has 0 atom stereocenters. The van der Waals surface area contributed by atoms with Crippen molar-refractivity contribution in [3.05, 3.63) is 0 Å². The highest BCUT2D eigenvalue weighted by Gasteiger charge is 2.06. The second kappa shape index (κ2) is 6.34. The van der Waals surface area contributed by atoms with Gasteiger partial charge in [-0.3, -0.25) is 4.18 Å². The first-order valence-corrected chi connectivity index (χ1v) is 6.04. The Labute approximate surface area is 80.4 Å². The highest BCUT2D eigenvalue weighted by Crippen LogP contribution is 1.96. The number of ether oxygens (including phenoxy) is 1. The van der Waals surface area contributed by atoms with E-state index in [9.17, 15) is 8.42 Å². The smallest absolute Gasteiger partial charge is 0.267 e. The van der Waals surface area contributed by atoms with Crippen LogP contribution < -0.4 is 0 Å². The lowest BCUT2D eigenvalue weighted by molar-refractivity contribution is 0.0700. The van der Waals surface area contributed by atoms with E-state index in [-0.39, 0.29) is 18.5 Å². The molecule has 0 aliphatic heterocycles. The standard InChI is InChI=1S/C8H18O4S/c1-4-13(9,10)12-7-5-6-11-8(2)3/h8H,4-7H2,1-3H3. The maximum absolute atomic E-state index is 10.8. The predicted octanol–water partition coefficient (Wildman–Crippen LogP) is 1.17. The fraction of sp³-hybridized carbons (Fsp3) is 1.00. The SMILES string of the molecule is CCS(=O)(=O)OCCCOC(C)C. The van der Waals surface area contributed by atoms with Gasteiger partial charge in [0.1, 0.15) is 0 Å². The van der Waals surface area contributed by atoms with Crippen LogP contribution in [0.4, 0.5) is 0 Å². The summed E-state index contributed by atoms with van der Waals surface area (Å²) in [5, 5.41) is 0. The number of hydrogen-bond donors (Lipinski definition) is 0. The van der Waals surface area contributed by atoms with Gasteiger partial charge in [-0.05, 0) is 27.2 Å². The Morgan fingerprint density at radius 2 is 1.85 bits per heavy atom. The summed E-state index contributed by atoms with van der Waals surface area (Å²) in [6.45, 7) is 6.17. The molecule has 0 aliphatic rings. The van der Waals surface area contributed by atoms with Crippen LogP contribution in [0.1, 0.15) is 27.2 Å². The third kappa shape index (κ3) is 8.21. The highest BCUT2D eigenvalue weighted by atomic mass is 32.2. The number of hydrogen-bond acceptors (Lipinski definition) is 4. The van der Waals surface area contributed by atoms with Crippen molar-refractivity contribution in [1.29, 1.82) is 0 Å². The van der Waals surface area contributed by atoms with Crippen LogP contribution in [0.3, 0.4) is 0 Å². The van der Waals surface area contributed by atoms with E-state index < -0.39 is 10.1 Å². The first-order valence-electron chi connectivity index (χ1n) is 4.46. The zero-order valence-electron chi connectivity index (χ0n) is 8.45. The highest BCUT2D eigenvalue weighted by molar-refractivity contribution is 7.86. The lowest BCUT2D eigenvalue weighted by Crippen LogP contribution is -2.12. The van der Waals surface area contributed by atoms with Crippen molar-refractivity contribution in [3.8, 4) is 0 Å². The van der Waals surface area contributed by atoms with Gasteiger partial charge in [0.15, 0.2) is 0 Å². The van der Waals surface area contributed by atoms with Crippen molar-refractivity contribution in [2.24, 2.45) is 0 Å². The summed E-state index contributed by atoms with van der Waals surface area (Å²) in [4.78, 5) is 0. The minimum Gasteiger partial charge on any atom is -0.379 e. The molecule has 0 spiro atoms. The molecule has 5 heteroatoms. The van der Waals surface area contributed by atoms with E-state index in [1.165, 1.54) is 0 Å². The van der Waals surface area contributed by atoms with Crippen molar-refractivity contribution in [2.75, 3.05) is 19.0 Å². The van der Waals surface area contributed by atoms with Gasteiger partial charge in [0.25, 0.3) is 10.1 Å². The molecule has 0 radical (unpaired) electrons. The summed E-state index contributed by atoms with van der Waals surface area (Å²) >= 11 is 0. The van der Waals surface area contributed by atoms with Crippen LogP contribution in [0.15, 0.2) is 0 Å². The van der Waals surface area contributed by atoms with Gasteiger partial charge in [-0.15, -0.1) is 0 Å². The molecule has 0 aromatic rings. The maximum atomic E-state index is 10.8. The topological polar surface area (TPSA) is 52.6 Å². The molecule has 0 bridgehead atoms. The fourth-order valence-corrected chi connectivity index (χ4v) is 1.19. The molecule has 0 N–H and O–H groups in total. The van der Waals surface area contributed by atoms with Gasteiger partial charge in [0.05, 0.1) is 18.5 Å². The van der Waals surface area contributed by atoms with Crippen LogP contribution in [0, 0.1) is 0 Å². The molecular formula is C8H18O4S.